The highest BCUT2D eigenvalue weighted by Gasteiger charge is 2.85. The van der Waals surface area contributed by atoms with E-state index in [9.17, 15) is 34.5 Å². The summed E-state index contributed by atoms with van der Waals surface area (Å²) in [7, 11) is 1.10. The molecule has 2 saturated carbocycles. The Morgan fingerprint density at radius 3 is 2.46 bits per heavy atom. The summed E-state index contributed by atoms with van der Waals surface area (Å²) in [6, 6.07) is 0. The Balaban J connectivity index is 1.71. The standard InChI is InChI=1S/C28H36O11/c1-11(2)12(3)7-17(30)39-20-22-27-10-37-28(22,25(35)36-6)23(33)19(32)21(27)26(5)9-15(29)18(31)13(4)14(26)8-16(27)38-24(20)34/h7,11,14,16,19-23,31-33H,8-10H2,1-6H3/b12-7-/t14-,16-,19+,20+,21-,22-,23+,26+,27+,28-/m1/s1. The van der Waals surface area contributed by atoms with Crippen molar-refractivity contribution in [2.45, 2.75) is 77.5 Å². The van der Waals surface area contributed by atoms with Gasteiger partial charge in [-0.25, -0.2) is 14.4 Å². The van der Waals surface area contributed by atoms with Crippen LogP contribution in [0.2, 0.25) is 0 Å². The van der Waals surface area contributed by atoms with E-state index in [2.05, 4.69) is 0 Å². The molecule has 10 atom stereocenters. The molecule has 5 aliphatic rings. The van der Waals surface area contributed by atoms with Crippen LogP contribution >= 0.6 is 0 Å². The fourth-order valence-corrected chi connectivity index (χ4v) is 8.37. The molecule has 3 N–H and O–H groups in total. The van der Waals surface area contributed by atoms with Gasteiger partial charge >= 0.3 is 17.9 Å². The van der Waals surface area contributed by atoms with Crippen LogP contribution in [0.1, 0.15) is 47.5 Å². The van der Waals surface area contributed by atoms with Crippen molar-refractivity contribution in [1.29, 1.82) is 0 Å². The van der Waals surface area contributed by atoms with Crippen molar-refractivity contribution in [3.05, 3.63) is 23.0 Å². The van der Waals surface area contributed by atoms with E-state index in [1.807, 2.05) is 13.8 Å². The lowest BCUT2D eigenvalue weighted by molar-refractivity contribution is -0.290. The maximum atomic E-state index is 13.5. The fraction of sp³-hybridized carbons (Fsp3) is 0.714. The molecule has 2 bridgehead atoms. The minimum atomic E-state index is -2.22. The van der Waals surface area contributed by atoms with Crippen LogP contribution in [0.3, 0.4) is 0 Å². The minimum absolute atomic E-state index is 0.0302. The van der Waals surface area contributed by atoms with Crippen molar-refractivity contribution in [2.24, 2.45) is 34.5 Å². The third-order valence-corrected chi connectivity index (χ3v) is 10.3. The molecule has 2 saturated heterocycles. The summed E-state index contributed by atoms with van der Waals surface area (Å²) in [5.74, 6) is -6.26. The quantitative estimate of drug-likeness (QED) is 0.262. The van der Waals surface area contributed by atoms with Gasteiger partial charge in [0.25, 0.3) is 0 Å². The van der Waals surface area contributed by atoms with Crippen LogP contribution in [0.4, 0.5) is 0 Å². The number of carbonyl (C=O) groups is 4. The highest BCUT2D eigenvalue weighted by molar-refractivity contribution is 5.95. The summed E-state index contributed by atoms with van der Waals surface area (Å²) in [5, 5.41) is 33.7. The average Bonchev–Trinajstić information content (AvgIpc) is 3.18. The van der Waals surface area contributed by atoms with E-state index in [-0.39, 0.29) is 31.1 Å². The van der Waals surface area contributed by atoms with Crippen LogP contribution < -0.4 is 0 Å². The van der Waals surface area contributed by atoms with Gasteiger partial charge in [0.1, 0.15) is 12.2 Å². The van der Waals surface area contributed by atoms with Crippen molar-refractivity contribution in [2.75, 3.05) is 13.7 Å². The third-order valence-electron chi connectivity index (χ3n) is 10.3. The van der Waals surface area contributed by atoms with E-state index in [0.717, 1.165) is 7.11 Å². The zero-order valence-corrected chi connectivity index (χ0v) is 22.9. The van der Waals surface area contributed by atoms with Gasteiger partial charge in [0, 0.05) is 23.8 Å². The molecule has 0 unspecified atom stereocenters. The fourth-order valence-electron chi connectivity index (χ4n) is 8.37. The van der Waals surface area contributed by atoms with Gasteiger partial charge in [0.15, 0.2) is 11.5 Å². The molecule has 2 heterocycles. The number of aliphatic hydroxyl groups excluding tert-OH is 3. The van der Waals surface area contributed by atoms with Crippen molar-refractivity contribution in [3.63, 3.8) is 0 Å². The zero-order valence-electron chi connectivity index (χ0n) is 22.9. The first-order valence-corrected chi connectivity index (χ1v) is 13.3. The lowest BCUT2D eigenvalue weighted by atomic mass is 9.38. The van der Waals surface area contributed by atoms with Crippen molar-refractivity contribution in [3.8, 4) is 0 Å². The van der Waals surface area contributed by atoms with E-state index in [0.29, 0.717) is 11.1 Å². The highest BCUT2D eigenvalue weighted by Crippen LogP contribution is 2.72. The molecular formula is C28H36O11. The first kappa shape index (κ1) is 27.8. The molecule has 0 aromatic rings. The number of ketones is 1. The van der Waals surface area contributed by atoms with Gasteiger partial charge in [-0.3, -0.25) is 4.79 Å². The number of allylic oxidation sites excluding steroid dienone is 3. The third kappa shape index (κ3) is 3.39. The zero-order chi connectivity index (χ0) is 28.8. The van der Waals surface area contributed by atoms with Crippen LogP contribution in [0.25, 0.3) is 0 Å². The molecule has 0 aromatic heterocycles. The van der Waals surface area contributed by atoms with Crippen molar-refractivity contribution >= 4 is 23.7 Å². The lowest BCUT2D eigenvalue weighted by Crippen LogP contribution is -2.79. The lowest BCUT2D eigenvalue weighted by Gasteiger charge is -2.67. The molecule has 214 valence electrons. The second kappa shape index (κ2) is 8.87. The number of aliphatic hydroxyl groups is 3. The minimum Gasteiger partial charge on any atom is -0.504 e. The molecule has 3 aliphatic carbocycles. The highest BCUT2D eigenvalue weighted by atomic mass is 16.6. The van der Waals surface area contributed by atoms with Gasteiger partial charge in [-0.1, -0.05) is 26.3 Å². The summed E-state index contributed by atoms with van der Waals surface area (Å²) in [6.07, 6.45) is -4.75. The van der Waals surface area contributed by atoms with Gasteiger partial charge in [0.2, 0.25) is 11.7 Å². The van der Waals surface area contributed by atoms with E-state index in [4.69, 9.17) is 18.9 Å². The summed E-state index contributed by atoms with van der Waals surface area (Å²) in [4.78, 5) is 52.8. The molecule has 11 nitrogen and oxygen atoms in total. The summed E-state index contributed by atoms with van der Waals surface area (Å²) in [5.41, 5.74) is -3.43. The van der Waals surface area contributed by atoms with E-state index in [1.165, 1.54) is 6.08 Å². The number of carbonyl (C=O) groups excluding carboxylic acids is 4. The molecule has 0 radical (unpaired) electrons. The number of methoxy groups -OCH3 is 1. The van der Waals surface area contributed by atoms with Gasteiger partial charge in [-0.15, -0.1) is 0 Å². The predicted molar refractivity (Wildman–Crippen MR) is 132 cm³/mol. The van der Waals surface area contributed by atoms with Crippen LogP contribution in [-0.4, -0.2) is 82.7 Å². The first-order valence-electron chi connectivity index (χ1n) is 13.3. The SMILES string of the molecule is COC(=O)[C@]12OC[C@@]34[C@H]([C@H](O)[C@@H]1O)[C@@]1(C)CC(=O)C(O)=C(C)[C@H]1C[C@H]3OC(=O)[C@@H](OC(=O)/C=C(/C)C(C)C)[C@@H]24. The Morgan fingerprint density at radius 2 is 1.85 bits per heavy atom. The van der Waals surface area contributed by atoms with Gasteiger partial charge in [0.05, 0.1) is 25.7 Å². The second-order valence-corrected chi connectivity index (χ2v) is 12.3. The number of fused-ring (bicyclic) bond motifs is 2. The van der Waals surface area contributed by atoms with Crippen molar-refractivity contribution < 1.29 is 53.4 Å². The summed E-state index contributed by atoms with van der Waals surface area (Å²) >= 11 is 0. The molecule has 4 fully saturated rings. The summed E-state index contributed by atoms with van der Waals surface area (Å²) < 4.78 is 22.7. The van der Waals surface area contributed by atoms with E-state index >= 15 is 0 Å². The number of esters is 3. The number of rotatable bonds is 4. The van der Waals surface area contributed by atoms with E-state index < -0.39 is 82.3 Å². The predicted octanol–water partition coefficient (Wildman–Crippen LogP) is 1.15. The Hall–Kier alpha value is -2.76. The Labute approximate surface area is 226 Å². The van der Waals surface area contributed by atoms with Gasteiger partial charge < -0.3 is 34.3 Å². The largest absolute Gasteiger partial charge is 0.504 e. The van der Waals surface area contributed by atoms with Crippen molar-refractivity contribution in [1.82, 2.24) is 0 Å². The molecule has 5 rings (SSSR count). The van der Waals surface area contributed by atoms with Gasteiger partial charge in [-0.2, -0.15) is 0 Å². The van der Waals surface area contributed by atoms with Crippen LogP contribution in [-0.2, 0) is 38.1 Å². The number of Topliss-reactive ketones (excluding diaryl/α,β-unsaturated/α-hetero) is 1. The van der Waals surface area contributed by atoms with Crippen LogP contribution in [0.5, 0.6) is 0 Å². The molecule has 0 aromatic carbocycles. The van der Waals surface area contributed by atoms with Gasteiger partial charge in [-0.05, 0) is 43.1 Å². The molecule has 11 heteroatoms. The van der Waals surface area contributed by atoms with Crippen LogP contribution in [0.15, 0.2) is 23.0 Å². The molecular weight excluding hydrogens is 512 g/mol. The normalized spacial score (nSPS) is 44.9. The first-order chi connectivity index (χ1) is 18.2. The monoisotopic (exact) mass is 548 g/mol. The molecule has 39 heavy (non-hydrogen) atoms. The van der Waals surface area contributed by atoms with Crippen LogP contribution in [0, 0.1) is 34.5 Å². The molecule has 0 amide bonds. The topological polar surface area (TPSA) is 166 Å². The number of hydrogen-bond donors (Lipinski definition) is 3. The molecule has 1 spiro atoms. The Kier molecular flexibility index (Phi) is 6.32. The number of hydrogen-bond acceptors (Lipinski definition) is 11. The summed E-state index contributed by atoms with van der Waals surface area (Å²) in [6.45, 7) is 8.72. The maximum absolute atomic E-state index is 13.5. The molecule has 2 aliphatic heterocycles. The maximum Gasteiger partial charge on any atom is 0.348 e. The smallest absolute Gasteiger partial charge is 0.348 e. The average molecular weight is 549 g/mol. The van der Waals surface area contributed by atoms with E-state index in [1.54, 1.807) is 20.8 Å². The number of ether oxygens (including phenoxy) is 4. The Bertz CT molecular complexity index is 1200. The Morgan fingerprint density at radius 1 is 1.18 bits per heavy atom. The second-order valence-electron chi connectivity index (χ2n) is 12.3.